The van der Waals surface area contributed by atoms with E-state index in [4.69, 9.17) is 5.11 Å². The molecule has 0 fully saturated rings. The van der Waals surface area contributed by atoms with E-state index in [9.17, 15) is 15.3 Å². The maximum atomic E-state index is 11.0. The van der Waals surface area contributed by atoms with E-state index in [2.05, 4.69) is 24.3 Å². The number of aliphatic carboxylic acids is 1. The van der Waals surface area contributed by atoms with Crippen molar-refractivity contribution in [2.75, 3.05) is 0 Å². The molecule has 5 rings (SSSR count). The van der Waals surface area contributed by atoms with Gasteiger partial charge in [-0.25, -0.2) is 0 Å². The Labute approximate surface area is 172 Å². The summed E-state index contributed by atoms with van der Waals surface area (Å²) >= 11 is 0. The smallest absolute Gasteiger partial charge is 0.303 e. The van der Waals surface area contributed by atoms with Crippen LogP contribution >= 0.6 is 0 Å². The summed E-state index contributed by atoms with van der Waals surface area (Å²) < 4.78 is 0. The van der Waals surface area contributed by atoms with E-state index in [0.717, 1.165) is 48.7 Å². The molecule has 0 saturated heterocycles. The van der Waals surface area contributed by atoms with Crippen LogP contribution in [-0.4, -0.2) is 11.1 Å². The molecular formula is C26H16N2O2. The summed E-state index contributed by atoms with van der Waals surface area (Å²) in [7, 11) is 0. The Morgan fingerprint density at radius 3 is 2.03 bits per heavy atom. The van der Waals surface area contributed by atoms with E-state index in [0.29, 0.717) is 24.0 Å². The molecule has 0 aliphatic heterocycles. The van der Waals surface area contributed by atoms with Gasteiger partial charge >= 0.3 is 5.97 Å². The highest BCUT2D eigenvalue weighted by molar-refractivity contribution is 6.34. The average molecular weight is 388 g/mol. The van der Waals surface area contributed by atoms with Gasteiger partial charge in [0.05, 0.1) is 23.3 Å². The number of benzene rings is 5. The van der Waals surface area contributed by atoms with Gasteiger partial charge in [-0.05, 0) is 62.9 Å². The van der Waals surface area contributed by atoms with E-state index < -0.39 is 5.97 Å². The molecule has 5 aromatic carbocycles. The normalized spacial score (nSPS) is 11.3. The molecule has 0 bridgehead atoms. The van der Waals surface area contributed by atoms with Crippen LogP contribution in [0.25, 0.3) is 43.1 Å². The lowest BCUT2D eigenvalue weighted by Crippen LogP contribution is -1.98. The molecular weight excluding hydrogens is 372 g/mol. The monoisotopic (exact) mass is 388 g/mol. The predicted octanol–water partition coefficient (Wildman–Crippen LogP) is 5.89. The second-order valence-corrected chi connectivity index (χ2v) is 7.54. The van der Waals surface area contributed by atoms with E-state index >= 15 is 0 Å². The van der Waals surface area contributed by atoms with Crippen LogP contribution in [0.1, 0.15) is 29.5 Å². The molecule has 142 valence electrons. The SMILES string of the molecule is N#Cc1ccc2c3ccc(C#N)c4c(CCCC(=O)O)ccc(c5cccc1c25)c43. The van der Waals surface area contributed by atoms with Crippen molar-refractivity contribution in [3.63, 3.8) is 0 Å². The van der Waals surface area contributed by atoms with Crippen molar-refractivity contribution in [3.05, 3.63) is 71.3 Å². The highest BCUT2D eigenvalue weighted by atomic mass is 16.4. The molecule has 0 aliphatic carbocycles. The number of nitrogens with zero attached hydrogens (tertiary/aromatic N) is 2. The van der Waals surface area contributed by atoms with Gasteiger partial charge in [-0.3, -0.25) is 4.79 Å². The van der Waals surface area contributed by atoms with Gasteiger partial charge in [0.25, 0.3) is 0 Å². The quantitative estimate of drug-likeness (QED) is 0.307. The Bertz CT molecular complexity index is 1550. The first-order chi connectivity index (χ1) is 14.6. The van der Waals surface area contributed by atoms with Gasteiger partial charge < -0.3 is 5.11 Å². The fourth-order valence-corrected chi connectivity index (χ4v) is 4.70. The fourth-order valence-electron chi connectivity index (χ4n) is 4.70. The standard InChI is InChI=1S/C26H16N2O2/c27-13-16-8-11-20-22-12-9-17(14-28)24-15(3-1-6-23(29)30)7-10-21(26(22)24)19-5-2-4-18(16)25(19)20/h2,4-5,7-12H,1,3,6H2,(H,29,30). The molecule has 0 saturated carbocycles. The minimum Gasteiger partial charge on any atom is -0.481 e. The first-order valence-corrected chi connectivity index (χ1v) is 9.81. The van der Waals surface area contributed by atoms with Crippen molar-refractivity contribution >= 4 is 49.1 Å². The molecule has 0 aromatic heterocycles. The number of carboxylic acids is 1. The largest absolute Gasteiger partial charge is 0.481 e. The second kappa shape index (κ2) is 6.72. The molecule has 4 heteroatoms. The van der Waals surface area contributed by atoms with Crippen LogP contribution < -0.4 is 0 Å². The maximum Gasteiger partial charge on any atom is 0.303 e. The Kier molecular flexibility index (Phi) is 4.02. The molecule has 0 spiro atoms. The summed E-state index contributed by atoms with van der Waals surface area (Å²) in [5, 5.41) is 36.5. The molecule has 0 heterocycles. The van der Waals surface area contributed by atoms with E-state index in [1.54, 1.807) is 0 Å². The number of rotatable bonds is 4. The zero-order valence-corrected chi connectivity index (χ0v) is 16.1. The van der Waals surface area contributed by atoms with E-state index in [-0.39, 0.29) is 6.42 Å². The molecule has 0 radical (unpaired) electrons. The summed E-state index contributed by atoms with van der Waals surface area (Å²) in [5.74, 6) is -0.813. The highest BCUT2D eigenvalue weighted by Crippen LogP contribution is 2.42. The zero-order valence-electron chi connectivity index (χ0n) is 16.1. The number of carbonyl (C=O) groups is 1. The molecule has 1 N–H and O–H groups in total. The third-order valence-corrected chi connectivity index (χ3v) is 5.95. The van der Waals surface area contributed by atoms with E-state index in [1.165, 1.54) is 0 Å². The zero-order chi connectivity index (χ0) is 20.8. The summed E-state index contributed by atoms with van der Waals surface area (Å²) in [6.07, 6.45) is 1.23. The third-order valence-electron chi connectivity index (χ3n) is 5.95. The van der Waals surface area contributed by atoms with Gasteiger partial charge in [0, 0.05) is 17.2 Å². The average Bonchev–Trinajstić information content (AvgIpc) is 2.77. The third kappa shape index (κ3) is 2.48. The lowest BCUT2D eigenvalue weighted by atomic mass is 9.85. The van der Waals surface area contributed by atoms with Crippen molar-refractivity contribution in [3.8, 4) is 12.1 Å². The van der Waals surface area contributed by atoms with Crippen LogP contribution in [0.3, 0.4) is 0 Å². The number of fused-ring (bicyclic) bond motifs is 2. The van der Waals surface area contributed by atoms with Crippen molar-refractivity contribution in [2.24, 2.45) is 0 Å². The van der Waals surface area contributed by atoms with Crippen LogP contribution in [0.2, 0.25) is 0 Å². The van der Waals surface area contributed by atoms with Gasteiger partial charge in [-0.2, -0.15) is 10.5 Å². The second-order valence-electron chi connectivity index (χ2n) is 7.54. The molecule has 5 aromatic rings. The Hall–Kier alpha value is -4.15. The molecule has 0 aliphatic rings. The number of nitriles is 2. The fraction of sp³-hybridized carbons (Fsp3) is 0.115. The van der Waals surface area contributed by atoms with Gasteiger partial charge in [0.15, 0.2) is 0 Å². The first kappa shape index (κ1) is 17.9. The number of hydrogen-bond donors (Lipinski definition) is 1. The van der Waals surface area contributed by atoms with Gasteiger partial charge in [-0.1, -0.05) is 42.5 Å². The maximum absolute atomic E-state index is 11.0. The van der Waals surface area contributed by atoms with Crippen LogP contribution in [0.5, 0.6) is 0 Å². The Balaban J connectivity index is 1.94. The van der Waals surface area contributed by atoms with Crippen molar-refractivity contribution < 1.29 is 9.90 Å². The summed E-state index contributed by atoms with van der Waals surface area (Å²) in [5.41, 5.74) is 2.25. The van der Waals surface area contributed by atoms with Crippen LogP contribution in [0, 0.1) is 22.7 Å². The molecule has 30 heavy (non-hydrogen) atoms. The lowest BCUT2D eigenvalue weighted by molar-refractivity contribution is -0.137. The molecule has 4 nitrogen and oxygen atoms in total. The highest BCUT2D eigenvalue weighted by Gasteiger charge is 2.18. The number of hydrogen-bond acceptors (Lipinski definition) is 3. The van der Waals surface area contributed by atoms with Crippen LogP contribution in [0.4, 0.5) is 0 Å². The summed E-state index contributed by atoms with van der Waals surface area (Å²) in [4.78, 5) is 11.0. The Morgan fingerprint density at radius 1 is 0.733 bits per heavy atom. The minimum absolute atomic E-state index is 0.101. The Morgan fingerprint density at radius 2 is 1.33 bits per heavy atom. The first-order valence-electron chi connectivity index (χ1n) is 9.81. The number of aryl methyl sites for hydroxylation is 1. The van der Waals surface area contributed by atoms with Gasteiger partial charge in [0.2, 0.25) is 0 Å². The summed E-state index contributed by atoms with van der Waals surface area (Å²) in [6.45, 7) is 0. The van der Waals surface area contributed by atoms with Crippen LogP contribution in [-0.2, 0) is 11.2 Å². The molecule has 0 amide bonds. The van der Waals surface area contributed by atoms with Crippen molar-refractivity contribution in [1.29, 1.82) is 10.5 Å². The number of carboxylic acid groups (broad SMARTS) is 1. The summed E-state index contributed by atoms with van der Waals surface area (Å²) in [6, 6.07) is 22.4. The van der Waals surface area contributed by atoms with Crippen molar-refractivity contribution in [2.45, 2.75) is 19.3 Å². The van der Waals surface area contributed by atoms with Crippen molar-refractivity contribution in [1.82, 2.24) is 0 Å². The van der Waals surface area contributed by atoms with Gasteiger partial charge in [0.1, 0.15) is 0 Å². The lowest BCUT2D eigenvalue weighted by Gasteiger charge is -2.17. The van der Waals surface area contributed by atoms with E-state index in [1.807, 2.05) is 42.5 Å². The predicted molar refractivity (Wildman–Crippen MR) is 118 cm³/mol. The molecule has 0 unspecified atom stereocenters. The topological polar surface area (TPSA) is 84.9 Å². The van der Waals surface area contributed by atoms with Crippen LogP contribution in [0.15, 0.2) is 54.6 Å². The minimum atomic E-state index is -0.813. The molecule has 0 atom stereocenters. The van der Waals surface area contributed by atoms with Gasteiger partial charge in [-0.15, -0.1) is 0 Å².